The van der Waals surface area contributed by atoms with Gasteiger partial charge in [0.1, 0.15) is 5.75 Å². The molecule has 0 aliphatic carbocycles. The minimum absolute atomic E-state index is 0.136. The largest absolute Gasteiger partial charge is 0.483 e. The summed E-state index contributed by atoms with van der Waals surface area (Å²) in [6.45, 7) is 0.164. The number of amides is 1. The summed E-state index contributed by atoms with van der Waals surface area (Å²) in [5.41, 5.74) is 0.753. The molecule has 0 spiro atoms. The second kappa shape index (κ2) is 8.58. The number of nitrogens with one attached hydrogen (secondary N) is 1. The molecular weight excluding hydrogens is 374 g/mol. The number of ether oxygens (including phenoxy) is 1. The first-order valence-corrected chi connectivity index (χ1v) is 9.67. The minimum atomic E-state index is -0.136. The van der Waals surface area contributed by atoms with Crippen molar-refractivity contribution >= 4 is 34.1 Å². The SMILES string of the molecule is O=C(CSc1nnc(COc2cccc3ccccc23)o1)Nc1ccccc1. The van der Waals surface area contributed by atoms with Gasteiger partial charge in [0, 0.05) is 11.1 Å². The molecule has 7 heteroatoms. The first-order valence-electron chi connectivity index (χ1n) is 8.68. The molecule has 4 aromatic rings. The van der Waals surface area contributed by atoms with E-state index in [4.69, 9.17) is 9.15 Å². The van der Waals surface area contributed by atoms with E-state index in [9.17, 15) is 4.79 Å². The minimum Gasteiger partial charge on any atom is -0.483 e. The van der Waals surface area contributed by atoms with Crippen molar-refractivity contribution in [3.8, 4) is 5.75 Å². The summed E-state index contributed by atoms with van der Waals surface area (Å²) in [6.07, 6.45) is 0. The summed E-state index contributed by atoms with van der Waals surface area (Å²) in [5, 5.41) is 13.2. The summed E-state index contributed by atoms with van der Waals surface area (Å²) in [7, 11) is 0. The predicted molar refractivity (Wildman–Crippen MR) is 108 cm³/mol. The van der Waals surface area contributed by atoms with Crippen LogP contribution < -0.4 is 10.1 Å². The van der Waals surface area contributed by atoms with E-state index in [1.54, 1.807) is 0 Å². The molecule has 0 fully saturated rings. The van der Waals surface area contributed by atoms with Crippen LogP contribution in [0, 0.1) is 0 Å². The van der Waals surface area contributed by atoms with Crippen molar-refractivity contribution in [1.29, 1.82) is 0 Å². The molecule has 4 rings (SSSR count). The standard InChI is InChI=1S/C21H17N3O3S/c25-19(22-16-9-2-1-3-10-16)14-28-21-24-23-20(27-21)13-26-18-12-6-8-15-7-4-5-11-17(15)18/h1-12H,13-14H2,(H,22,25). The van der Waals surface area contributed by atoms with Crippen molar-refractivity contribution in [2.75, 3.05) is 11.1 Å². The maximum Gasteiger partial charge on any atom is 0.277 e. The maximum absolute atomic E-state index is 12.0. The molecule has 1 N–H and O–H groups in total. The molecular formula is C21H17N3O3S. The number of anilines is 1. The topological polar surface area (TPSA) is 77.2 Å². The third kappa shape index (κ3) is 4.50. The Morgan fingerprint density at radius 3 is 2.64 bits per heavy atom. The number of para-hydroxylation sites is 1. The Labute approximate surface area is 165 Å². The van der Waals surface area contributed by atoms with Gasteiger partial charge in [-0.15, -0.1) is 10.2 Å². The fourth-order valence-corrected chi connectivity index (χ4v) is 3.24. The average Bonchev–Trinajstić information content (AvgIpc) is 3.19. The summed E-state index contributed by atoms with van der Waals surface area (Å²) in [6, 6.07) is 23.2. The molecule has 1 heterocycles. The molecule has 0 saturated heterocycles. The van der Waals surface area contributed by atoms with Crippen molar-refractivity contribution in [3.63, 3.8) is 0 Å². The molecule has 0 radical (unpaired) electrons. The Morgan fingerprint density at radius 1 is 0.964 bits per heavy atom. The first-order chi connectivity index (χ1) is 13.8. The summed E-state index contributed by atoms with van der Waals surface area (Å²) >= 11 is 1.18. The van der Waals surface area contributed by atoms with Crippen molar-refractivity contribution in [2.24, 2.45) is 0 Å². The highest BCUT2D eigenvalue weighted by molar-refractivity contribution is 7.99. The second-order valence-electron chi connectivity index (χ2n) is 5.93. The van der Waals surface area contributed by atoms with Crippen LogP contribution in [-0.2, 0) is 11.4 Å². The predicted octanol–water partition coefficient (Wildman–Crippen LogP) is 4.53. The van der Waals surface area contributed by atoms with Crippen LogP contribution in [0.15, 0.2) is 82.4 Å². The van der Waals surface area contributed by atoms with Crippen LogP contribution in [0.2, 0.25) is 0 Å². The van der Waals surface area contributed by atoms with Crippen LogP contribution in [0.3, 0.4) is 0 Å². The van der Waals surface area contributed by atoms with Gasteiger partial charge in [0.25, 0.3) is 11.1 Å². The smallest absolute Gasteiger partial charge is 0.277 e. The number of nitrogens with zero attached hydrogens (tertiary/aromatic N) is 2. The van der Waals surface area contributed by atoms with E-state index >= 15 is 0 Å². The van der Waals surface area contributed by atoms with Gasteiger partial charge in [-0.05, 0) is 23.6 Å². The summed E-state index contributed by atoms with van der Waals surface area (Å²) < 4.78 is 11.4. The van der Waals surface area contributed by atoms with Gasteiger partial charge in [-0.25, -0.2) is 0 Å². The fourth-order valence-electron chi connectivity index (χ4n) is 2.66. The first kappa shape index (κ1) is 18.1. The van der Waals surface area contributed by atoms with Gasteiger partial charge in [0.15, 0.2) is 6.61 Å². The lowest BCUT2D eigenvalue weighted by atomic mass is 10.1. The highest BCUT2D eigenvalue weighted by atomic mass is 32.2. The van der Waals surface area contributed by atoms with Crippen molar-refractivity contribution in [3.05, 3.63) is 78.7 Å². The van der Waals surface area contributed by atoms with E-state index < -0.39 is 0 Å². The molecule has 0 unspecified atom stereocenters. The Hall–Kier alpha value is -3.32. The molecule has 0 atom stereocenters. The third-order valence-corrected chi connectivity index (χ3v) is 4.75. The molecule has 140 valence electrons. The highest BCUT2D eigenvalue weighted by Gasteiger charge is 2.11. The van der Waals surface area contributed by atoms with Gasteiger partial charge in [0.05, 0.1) is 5.75 Å². The number of benzene rings is 3. The molecule has 0 aliphatic rings. The lowest BCUT2D eigenvalue weighted by Gasteiger charge is -2.07. The van der Waals surface area contributed by atoms with Crippen LogP contribution in [0.5, 0.6) is 5.75 Å². The van der Waals surface area contributed by atoms with E-state index in [0.717, 1.165) is 22.2 Å². The Morgan fingerprint density at radius 2 is 1.75 bits per heavy atom. The van der Waals surface area contributed by atoms with Crippen LogP contribution in [0.1, 0.15) is 5.89 Å². The van der Waals surface area contributed by atoms with Crippen molar-refractivity contribution in [2.45, 2.75) is 11.8 Å². The summed E-state index contributed by atoms with van der Waals surface area (Å²) in [4.78, 5) is 12.0. The number of thioether (sulfide) groups is 1. The van der Waals surface area contributed by atoms with Crippen LogP contribution in [-0.4, -0.2) is 21.9 Å². The molecule has 1 amide bonds. The average molecular weight is 391 g/mol. The number of carbonyl (C=O) groups excluding carboxylic acids is 1. The van der Waals surface area contributed by atoms with Crippen LogP contribution in [0.25, 0.3) is 10.8 Å². The number of hydrogen-bond acceptors (Lipinski definition) is 6. The molecule has 1 aromatic heterocycles. The number of hydrogen-bond donors (Lipinski definition) is 1. The van der Waals surface area contributed by atoms with E-state index in [1.165, 1.54) is 11.8 Å². The van der Waals surface area contributed by atoms with Crippen LogP contribution in [0.4, 0.5) is 5.69 Å². The molecule has 0 aliphatic heterocycles. The monoisotopic (exact) mass is 391 g/mol. The molecule has 0 bridgehead atoms. The van der Waals surface area contributed by atoms with E-state index in [-0.39, 0.29) is 18.3 Å². The zero-order valence-electron chi connectivity index (χ0n) is 14.9. The van der Waals surface area contributed by atoms with Gasteiger partial charge in [0.2, 0.25) is 5.91 Å². The highest BCUT2D eigenvalue weighted by Crippen LogP contribution is 2.26. The second-order valence-corrected chi connectivity index (χ2v) is 6.86. The zero-order chi connectivity index (χ0) is 19.2. The van der Waals surface area contributed by atoms with E-state index in [2.05, 4.69) is 15.5 Å². The third-order valence-electron chi connectivity index (χ3n) is 3.93. The van der Waals surface area contributed by atoms with Gasteiger partial charge >= 0.3 is 0 Å². The molecule has 6 nitrogen and oxygen atoms in total. The maximum atomic E-state index is 12.0. The molecule has 0 saturated carbocycles. The Balaban J connectivity index is 1.31. The number of aromatic nitrogens is 2. The van der Waals surface area contributed by atoms with Gasteiger partial charge in [-0.3, -0.25) is 4.79 Å². The number of fused-ring (bicyclic) bond motifs is 1. The van der Waals surface area contributed by atoms with Gasteiger partial charge in [-0.1, -0.05) is 66.4 Å². The lowest BCUT2D eigenvalue weighted by Crippen LogP contribution is -2.13. The van der Waals surface area contributed by atoms with Gasteiger partial charge in [-0.2, -0.15) is 0 Å². The van der Waals surface area contributed by atoms with Crippen LogP contribution >= 0.6 is 11.8 Å². The number of carbonyl (C=O) groups is 1. The van der Waals surface area contributed by atoms with E-state index in [1.807, 2.05) is 72.8 Å². The number of rotatable bonds is 7. The zero-order valence-corrected chi connectivity index (χ0v) is 15.7. The lowest BCUT2D eigenvalue weighted by molar-refractivity contribution is -0.113. The Bertz CT molecular complexity index is 1080. The van der Waals surface area contributed by atoms with Gasteiger partial charge < -0.3 is 14.5 Å². The quantitative estimate of drug-likeness (QED) is 0.466. The summed E-state index contributed by atoms with van der Waals surface area (Å²) in [5.74, 6) is 1.16. The fraction of sp³-hybridized carbons (Fsp3) is 0.0952. The normalized spacial score (nSPS) is 10.7. The van der Waals surface area contributed by atoms with Crippen molar-refractivity contribution < 1.29 is 13.9 Å². The van der Waals surface area contributed by atoms with Crippen molar-refractivity contribution in [1.82, 2.24) is 10.2 Å². The van der Waals surface area contributed by atoms with E-state index in [0.29, 0.717) is 11.1 Å². The molecule has 3 aromatic carbocycles. The molecule has 28 heavy (non-hydrogen) atoms. The Kier molecular flexibility index (Phi) is 5.53.